The second-order valence-electron chi connectivity index (χ2n) is 8.45. The molecule has 1 amide bonds. The van der Waals surface area contributed by atoms with E-state index in [0.29, 0.717) is 6.54 Å². The van der Waals surface area contributed by atoms with Gasteiger partial charge in [-0.1, -0.05) is 30.3 Å². The van der Waals surface area contributed by atoms with Gasteiger partial charge < -0.3 is 19.7 Å². The van der Waals surface area contributed by atoms with Crippen molar-refractivity contribution in [2.45, 2.75) is 25.4 Å². The largest absolute Gasteiger partial charge is 0.497 e. The van der Waals surface area contributed by atoms with Gasteiger partial charge in [-0.25, -0.2) is 0 Å². The summed E-state index contributed by atoms with van der Waals surface area (Å²) >= 11 is 0. The third kappa shape index (κ3) is 6.45. The molecule has 1 heterocycles. The van der Waals surface area contributed by atoms with Gasteiger partial charge in [-0.3, -0.25) is 9.69 Å². The van der Waals surface area contributed by atoms with E-state index < -0.39 is 0 Å². The number of piperidine rings is 1. The molecule has 0 radical (unpaired) electrons. The SMILES string of the molecule is COc1cc(CN2CC(C(=O)NCCN(C)C)CCC2c2ccccc2)cc(OC)c1. The molecule has 0 aromatic heterocycles. The number of amides is 1. The van der Waals surface area contributed by atoms with Gasteiger partial charge in [-0.2, -0.15) is 0 Å². The highest BCUT2D eigenvalue weighted by Crippen LogP contribution is 2.35. The maximum absolute atomic E-state index is 12.8. The molecule has 168 valence electrons. The topological polar surface area (TPSA) is 54.0 Å². The lowest BCUT2D eigenvalue weighted by Crippen LogP contribution is -2.45. The fourth-order valence-electron chi connectivity index (χ4n) is 4.22. The van der Waals surface area contributed by atoms with Crippen molar-refractivity contribution in [3.8, 4) is 11.5 Å². The molecular formula is C25H35N3O3. The molecule has 1 saturated heterocycles. The Balaban J connectivity index is 1.78. The first-order valence-electron chi connectivity index (χ1n) is 10.9. The molecule has 1 N–H and O–H groups in total. The van der Waals surface area contributed by atoms with E-state index in [1.807, 2.05) is 38.4 Å². The summed E-state index contributed by atoms with van der Waals surface area (Å²) in [5.41, 5.74) is 2.41. The Morgan fingerprint density at radius 1 is 1.06 bits per heavy atom. The first-order chi connectivity index (χ1) is 15.0. The van der Waals surface area contributed by atoms with Crippen LogP contribution < -0.4 is 14.8 Å². The summed E-state index contributed by atoms with van der Waals surface area (Å²) in [6, 6.07) is 16.8. The molecule has 6 heteroatoms. The van der Waals surface area contributed by atoms with Gasteiger partial charge >= 0.3 is 0 Å². The van der Waals surface area contributed by atoms with Crippen LogP contribution >= 0.6 is 0 Å². The lowest BCUT2D eigenvalue weighted by atomic mass is 9.88. The average Bonchev–Trinajstić information content (AvgIpc) is 2.79. The van der Waals surface area contributed by atoms with Crippen molar-refractivity contribution in [2.75, 3.05) is 47.9 Å². The zero-order valence-electron chi connectivity index (χ0n) is 19.1. The summed E-state index contributed by atoms with van der Waals surface area (Å²) < 4.78 is 10.9. The highest BCUT2D eigenvalue weighted by molar-refractivity contribution is 5.79. The van der Waals surface area contributed by atoms with E-state index in [0.717, 1.165) is 49.5 Å². The number of nitrogens with zero attached hydrogens (tertiary/aromatic N) is 2. The molecule has 1 aliphatic heterocycles. The first-order valence-corrected chi connectivity index (χ1v) is 10.9. The maximum atomic E-state index is 12.8. The van der Waals surface area contributed by atoms with Crippen LogP contribution in [0.25, 0.3) is 0 Å². The summed E-state index contributed by atoms with van der Waals surface area (Å²) in [4.78, 5) is 17.3. The third-order valence-corrected chi connectivity index (χ3v) is 5.89. The molecule has 0 aliphatic carbocycles. The van der Waals surface area contributed by atoms with Crippen molar-refractivity contribution in [3.05, 3.63) is 59.7 Å². The zero-order valence-corrected chi connectivity index (χ0v) is 19.1. The summed E-state index contributed by atoms with van der Waals surface area (Å²) in [6.45, 7) is 2.98. The summed E-state index contributed by atoms with van der Waals surface area (Å²) in [6.07, 6.45) is 1.85. The average molecular weight is 426 g/mol. The van der Waals surface area contributed by atoms with Crippen LogP contribution in [-0.2, 0) is 11.3 Å². The quantitative estimate of drug-likeness (QED) is 0.668. The summed E-state index contributed by atoms with van der Waals surface area (Å²) in [7, 11) is 7.36. The van der Waals surface area contributed by atoms with Crippen molar-refractivity contribution < 1.29 is 14.3 Å². The van der Waals surface area contributed by atoms with Crippen LogP contribution in [0, 0.1) is 5.92 Å². The van der Waals surface area contributed by atoms with Gasteiger partial charge in [0.15, 0.2) is 0 Å². The fraction of sp³-hybridized carbons (Fsp3) is 0.480. The van der Waals surface area contributed by atoms with Crippen LogP contribution in [-0.4, -0.2) is 63.7 Å². The predicted octanol–water partition coefficient (Wildman–Crippen LogP) is 3.33. The van der Waals surface area contributed by atoms with Crippen LogP contribution in [0.3, 0.4) is 0 Å². The Kier molecular flexibility index (Phi) is 8.32. The van der Waals surface area contributed by atoms with Gasteiger partial charge in [0.1, 0.15) is 11.5 Å². The van der Waals surface area contributed by atoms with Gasteiger partial charge in [-0.15, -0.1) is 0 Å². The van der Waals surface area contributed by atoms with Crippen LogP contribution in [0.5, 0.6) is 11.5 Å². The van der Waals surface area contributed by atoms with E-state index in [2.05, 4.69) is 39.4 Å². The Bertz CT molecular complexity index is 819. The minimum absolute atomic E-state index is 0.00497. The Hall–Kier alpha value is -2.57. The van der Waals surface area contributed by atoms with Crippen molar-refractivity contribution >= 4 is 5.91 Å². The van der Waals surface area contributed by atoms with Crippen LogP contribution in [0.1, 0.15) is 30.0 Å². The van der Waals surface area contributed by atoms with Gasteiger partial charge in [0, 0.05) is 38.3 Å². The molecule has 0 spiro atoms. The van der Waals surface area contributed by atoms with E-state index in [1.165, 1.54) is 5.56 Å². The molecule has 2 atom stereocenters. The number of likely N-dealkylation sites (tertiary alicyclic amines) is 1. The monoisotopic (exact) mass is 425 g/mol. The molecule has 0 bridgehead atoms. The van der Waals surface area contributed by atoms with E-state index in [9.17, 15) is 4.79 Å². The molecule has 0 saturated carbocycles. The fourth-order valence-corrected chi connectivity index (χ4v) is 4.22. The van der Waals surface area contributed by atoms with E-state index in [4.69, 9.17) is 9.47 Å². The van der Waals surface area contributed by atoms with E-state index >= 15 is 0 Å². The zero-order chi connectivity index (χ0) is 22.2. The summed E-state index contributed by atoms with van der Waals surface area (Å²) in [5.74, 6) is 1.71. The maximum Gasteiger partial charge on any atom is 0.224 e. The Morgan fingerprint density at radius 2 is 1.74 bits per heavy atom. The minimum atomic E-state index is -0.00497. The highest BCUT2D eigenvalue weighted by Gasteiger charge is 2.32. The van der Waals surface area contributed by atoms with Crippen molar-refractivity contribution in [3.63, 3.8) is 0 Å². The molecular weight excluding hydrogens is 390 g/mol. The first kappa shape index (κ1) is 23.1. The lowest BCUT2D eigenvalue weighted by molar-refractivity contribution is -0.127. The minimum Gasteiger partial charge on any atom is -0.497 e. The van der Waals surface area contributed by atoms with Crippen LogP contribution in [0.2, 0.25) is 0 Å². The number of methoxy groups -OCH3 is 2. The Labute approximate surface area is 186 Å². The number of rotatable bonds is 9. The number of benzene rings is 2. The standard InChI is InChI=1S/C25H35N3O3/c1-27(2)13-12-26-25(29)21-10-11-24(20-8-6-5-7-9-20)28(18-21)17-19-14-22(30-3)16-23(15-19)31-4/h5-9,14-16,21,24H,10-13,17-18H2,1-4H3,(H,26,29). The number of ether oxygens (including phenoxy) is 2. The number of carbonyl (C=O) groups excluding carboxylic acids is 1. The van der Waals surface area contributed by atoms with Gasteiger partial charge in [-0.05, 0) is 50.2 Å². The second kappa shape index (κ2) is 11.2. The molecule has 6 nitrogen and oxygen atoms in total. The van der Waals surface area contributed by atoms with Gasteiger partial charge in [0.2, 0.25) is 5.91 Å². The third-order valence-electron chi connectivity index (χ3n) is 5.89. The summed E-state index contributed by atoms with van der Waals surface area (Å²) in [5, 5.41) is 3.11. The van der Waals surface area contributed by atoms with Gasteiger partial charge in [0.05, 0.1) is 20.1 Å². The molecule has 2 aromatic rings. The normalized spacial score (nSPS) is 19.3. The van der Waals surface area contributed by atoms with E-state index in [1.54, 1.807) is 14.2 Å². The smallest absolute Gasteiger partial charge is 0.224 e. The molecule has 2 aromatic carbocycles. The molecule has 31 heavy (non-hydrogen) atoms. The number of hydrogen-bond donors (Lipinski definition) is 1. The van der Waals surface area contributed by atoms with Crippen LogP contribution in [0.4, 0.5) is 0 Å². The molecule has 1 aliphatic rings. The van der Waals surface area contributed by atoms with E-state index in [-0.39, 0.29) is 17.9 Å². The van der Waals surface area contributed by atoms with Crippen molar-refractivity contribution in [1.29, 1.82) is 0 Å². The van der Waals surface area contributed by atoms with Crippen molar-refractivity contribution in [1.82, 2.24) is 15.1 Å². The highest BCUT2D eigenvalue weighted by atomic mass is 16.5. The molecule has 2 unspecified atom stereocenters. The second-order valence-corrected chi connectivity index (χ2v) is 8.45. The van der Waals surface area contributed by atoms with Crippen molar-refractivity contribution in [2.24, 2.45) is 5.92 Å². The number of hydrogen-bond acceptors (Lipinski definition) is 5. The number of likely N-dealkylation sites (N-methyl/N-ethyl adjacent to an activating group) is 1. The number of carbonyl (C=O) groups is 1. The van der Waals surface area contributed by atoms with Gasteiger partial charge in [0.25, 0.3) is 0 Å². The number of nitrogens with one attached hydrogen (secondary N) is 1. The molecule has 1 fully saturated rings. The predicted molar refractivity (Wildman–Crippen MR) is 123 cm³/mol. The van der Waals surface area contributed by atoms with Crippen LogP contribution in [0.15, 0.2) is 48.5 Å². The molecule has 3 rings (SSSR count). The Morgan fingerprint density at radius 3 is 2.35 bits per heavy atom. The lowest BCUT2D eigenvalue weighted by Gasteiger charge is -2.39.